The average Bonchev–Trinajstić information content (AvgIpc) is 3.31. The maximum atomic E-state index is 10.9. The minimum Gasteiger partial charge on any atom is -0.505 e. The molecule has 0 aliphatic carbocycles. The van der Waals surface area contributed by atoms with Crippen molar-refractivity contribution in [3.63, 3.8) is 0 Å². The summed E-state index contributed by atoms with van der Waals surface area (Å²) in [6.45, 7) is 4.35. The molecule has 0 aliphatic heterocycles. The third kappa shape index (κ3) is 8.62. The number of phenolic OH excluding ortho intramolecular Hbond substituents is 1. The van der Waals surface area contributed by atoms with Crippen LogP contribution in [0.15, 0.2) is 48.7 Å². The first kappa shape index (κ1) is 26.0. The van der Waals surface area contributed by atoms with Crippen molar-refractivity contribution in [3.05, 3.63) is 71.0 Å². The second-order valence-corrected chi connectivity index (χ2v) is 9.69. The van der Waals surface area contributed by atoms with Crippen molar-refractivity contribution >= 4 is 0 Å². The van der Waals surface area contributed by atoms with Crippen LogP contribution in [0.2, 0.25) is 0 Å². The maximum absolute atomic E-state index is 10.9. The highest BCUT2D eigenvalue weighted by Crippen LogP contribution is 2.29. The number of rotatable bonds is 16. The number of aromatic hydroxyl groups is 1. The molecule has 1 aromatic heterocycles. The molecular weight excluding hydrogens is 418 g/mol. The van der Waals surface area contributed by atoms with Crippen molar-refractivity contribution in [1.82, 2.24) is 15.0 Å². The molecular formula is C30H43N3O. The molecule has 0 saturated heterocycles. The highest BCUT2D eigenvalue weighted by Gasteiger charge is 2.13. The van der Waals surface area contributed by atoms with Gasteiger partial charge in [0.15, 0.2) is 0 Å². The van der Waals surface area contributed by atoms with Crippen molar-refractivity contribution in [2.45, 2.75) is 104 Å². The Bertz CT molecular complexity index is 964. The van der Waals surface area contributed by atoms with Crippen LogP contribution >= 0.6 is 0 Å². The highest BCUT2D eigenvalue weighted by molar-refractivity contribution is 5.52. The first-order valence-electron chi connectivity index (χ1n) is 13.5. The summed E-state index contributed by atoms with van der Waals surface area (Å²) < 4.78 is 0. The van der Waals surface area contributed by atoms with Crippen LogP contribution in [0.3, 0.4) is 0 Å². The molecule has 2 aromatic carbocycles. The number of hydrogen-bond acceptors (Lipinski definition) is 3. The first-order chi connectivity index (χ1) is 16.7. The molecule has 34 heavy (non-hydrogen) atoms. The zero-order valence-electron chi connectivity index (χ0n) is 21.3. The van der Waals surface area contributed by atoms with E-state index in [9.17, 15) is 5.11 Å². The molecule has 1 N–H and O–H groups in total. The van der Waals surface area contributed by atoms with Crippen molar-refractivity contribution < 1.29 is 5.11 Å². The minimum atomic E-state index is 0.327. The predicted octanol–water partition coefficient (Wildman–Crippen LogP) is 7.92. The number of aromatic nitrogens is 3. The number of nitrogens with zero attached hydrogens (tertiary/aromatic N) is 3. The fourth-order valence-corrected chi connectivity index (χ4v) is 4.62. The zero-order valence-corrected chi connectivity index (χ0v) is 21.3. The van der Waals surface area contributed by atoms with Crippen LogP contribution in [-0.2, 0) is 19.3 Å². The van der Waals surface area contributed by atoms with Crippen LogP contribution in [0, 0.1) is 6.92 Å². The Hall–Kier alpha value is -2.62. The first-order valence-corrected chi connectivity index (χ1v) is 13.5. The van der Waals surface area contributed by atoms with E-state index in [0.717, 1.165) is 48.9 Å². The largest absolute Gasteiger partial charge is 0.505 e. The summed E-state index contributed by atoms with van der Waals surface area (Å²) in [5, 5.41) is 20.1. The number of unbranched alkanes of at least 4 members (excludes halogenated alkanes) is 9. The highest BCUT2D eigenvalue weighted by atomic mass is 16.3. The summed E-state index contributed by atoms with van der Waals surface area (Å²) in [7, 11) is 0. The Balaban J connectivity index is 1.45. The number of benzene rings is 2. The van der Waals surface area contributed by atoms with Gasteiger partial charge in [-0.1, -0.05) is 101 Å². The molecule has 0 atom stereocenters. The van der Waals surface area contributed by atoms with Gasteiger partial charge in [-0.15, -0.1) is 4.80 Å². The van der Waals surface area contributed by atoms with Gasteiger partial charge in [0.25, 0.3) is 0 Å². The van der Waals surface area contributed by atoms with Gasteiger partial charge in [-0.05, 0) is 61.8 Å². The van der Waals surface area contributed by atoms with Crippen LogP contribution in [0.1, 0.15) is 99.9 Å². The number of phenols is 1. The number of aryl methyl sites for hydroxylation is 4. The second-order valence-electron chi connectivity index (χ2n) is 9.69. The molecule has 3 rings (SSSR count). The van der Waals surface area contributed by atoms with Crippen molar-refractivity contribution in [2.24, 2.45) is 0 Å². The van der Waals surface area contributed by atoms with E-state index in [0.29, 0.717) is 11.4 Å². The van der Waals surface area contributed by atoms with Crippen molar-refractivity contribution in [1.29, 1.82) is 0 Å². The van der Waals surface area contributed by atoms with E-state index in [2.05, 4.69) is 54.4 Å². The Kier molecular flexibility index (Phi) is 11.2. The van der Waals surface area contributed by atoms with Crippen LogP contribution in [0.5, 0.6) is 5.75 Å². The zero-order chi connectivity index (χ0) is 24.0. The molecule has 4 heteroatoms. The Morgan fingerprint density at radius 2 is 1.44 bits per heavy atom. The van der Waals surface area contributed by atoms with E-state index in [1.165, 1.54) is 63.4 Å². The molecule has 0 radical (unpaired) electrons. The van der Waals surface area contributed by atoms with Gasteiger partial charge in [-0.25, -0.2) is 0 Å². The molecule has 0 bridgehead atoms. The van der Waals surface area contributed by atoms with Crippen LogP contribution in [0.25, 0.3) is 5.69 Å². The molecule has 0 unspecified atom stereocenters. The Morgan fingerprint density at radius 1 is 0.765 bits per heavy atom. The van der Waals surface area contributed by atoms with Gasteiger partial charge in [0.05, 0.1) is 11.9 Å². The lowest BCUT2D eigenvalue weighted by Gasteiger charge is -2.11. The van der Waals surface area contributed by atoms with Gasteiger partial charge in [-0.2, -0.15) is 10.2 Å². The third-order valence-electron chi connectivity index (χ3n) is 6.61. The molecule has 0 amide bonds. The van der Waals surface area contributed by atoms with Crippen molar-refractivity contribution in [3.8, 4) is 11.4 Å². The van der Waals surface area contributed by atoms with Gasteiger partial charge >= 0.3 is 0 Å². The summed E-state index contributed by atoms with van der Waals surface area (Å²) in [5.74, 6) is 0.327. The van der Waals surface area contributed by atoms with Crippen LogP contribution < -0.4 is 0 Å². The van der Waals surface area contributed by atoms with Gasteiger partial charge in [0.2, 0.25) is 0 Å². The van der Waals surface area contributed by atoms with E-state index >= 15 is 0 Å². The molecule has 184 valence electrons. The lowest BCUT2D eigenvalue weighted by Crippen LogP contribution is -2.03. The Morgan fingerprint density at radius 3 is 2.15 bits per heavy atom. The summed E-state index contributed by atoms with van der Waals surface area (Å²) in [4.78, 5) is 1.60. The SMILES string of the molecule is CCCCCCCCCCCCc1cc(C)cc(-n2ncc(CCCc3ccccc3)n2)c1O. The summed E-state index contributed by atoms with van der Waals surface area (Å²) >= 11 is 0. The topological polar surface area (TPSA) is 50.9 Å². The van der Waals surface area contributed by atoms with Gasteiger partial charge in [0, 0.05) is 0 Å². The fourth-order valence-electron chi connectivity index (χ4n) is 4.62. The monoisotopic (exact) mass is 461 g/mol. The van der Waals surface area contributed by atoms with E-state index in [4.69, 9.17) is 0 Å². The number of hydrogen-bond donors (Lipinski definition) is 1. The standard InChI is InChI=1S/C30H43N3O/c1-3-4-5-6-7-8-9-10-11-15-20-27-22-25(2)23-29(30(27)34)33-31-24-28(32-33)21-16-19-26-17-13-12-14-18-26/h12-14,17-18,22-24,34H,3-11,15-16,19-21H2,1-2H3. The second kappa shape index (κ2) is 14.6. The Labute approximate surface area is 206 Å². The fraction of sp³-hybridized carbons (Fsp3) is 0.533. The van der Waals surface area contributed by atoms with Crippen LogP contribution in [-0.4, -0.2) is 20.1 Å². The van der Waals surface area contributed by atoms with Gasteiger partial charge in [-0.3, -0.25) is 0 Å². The lowest BCUT2D eigenvalue weighted by molar-refractivity contribution is 0.457. The van der Waals surface area contributed by atoms with Gasteiger partial charge < -0.3 is 5.11 Å². The van der Waals surface area contributed by atoms with E-state index < -0.39 is 0 Å². The summed E-state index contributed by atoms with van der Waals surface area (Å²) in [6, 6.07) is 14.6. The average molecular weight is 462 g/mol. The molecule has 0 fully saturated rings. The summed E-state index contributed by atoms with van der Waals surface area (Å²) in [6.07, 6.45) is 18.9. The molecule has 3 aromatic rings. The quantitative estimate of drug-likeness (QED) is 0.220. The van der Waals surface area contributed by atoms with E-state index in [1.54, 1.807) is 4.80 Å². The molecule has 0 aliphatic rings. The normalized spacial score (nSPS) is 11.2. The summed E-state index contributed by atoms with van der Waals surface area (Å²) in [5.41, 5.74) is 5.16. The third-order valence-corrected chi connectivity index (χ3v) is 6.61. The van der Waals surface area contributed by atoms with E-state index in [1.807, 2.05) is 18.3 Å². The maximum Gasteiger partial charge on any atom is 0.146 e. The predicted molar refractivity (Wildman–Crippen MR) is 142 cm³/mol. The van der Waals surface area contributed by atoms with Gasteiger partial charge in [0.1, 0.15) is 11.4 Å². The van der Waals surface area contributed by atoms with Crippen molar-refractivity contribution in [2.75, 3.05) is 0 Å². The molecule has 0 spiro atoms. The lowest BCUT2D eigenvalue weighted by atomic mass is 10.0. The minimum absolute atomic E-state index is 0.327. The van der Waals surface area contributed by atoms with E-state index in [-0.39, 0.29) is 0 Å². The molecule has 1 heterocycles. The smallest absolute Gasteiger partial charge is 0.146 e. The molecule has 4 nitrogen and oxygen atoms in total. The van der Waals surface area contributed by atoms with Crippen LogP contribution in [0.4, 0.5) is 0 Å². The molecule has 0 saturated carbocycles.